The van der Waals surface area contributed by atoms with Gasteiger partial charge in [0.05, 0.1) is 6.10 Å². The van der Waals surface area contributed by atoms with Crippen LogP contribution in [0.3, 0.4) is 0 Å². The van der Waals surface area contributed by atoms with Gasteiger partial charge in [-0.3, -0.25) is 9.59 Å². The molecule has 1 aliphatic rings. The van der Waals surface area contributed by atoms with Crippen LogP contribution in [0.15, 0.2) is 60.3 Å². The van der Waals surface area contributed by atoms with Crippen molar-refractivity contribution in [1.29, 1.82) is 0 Å². The van der Waals surface area contributed by atoms with Crippen molar-refractivity contribution in [2.45, 2.75) is 70.3 Å². The number of aliphatic hydroxyl groups is 1. The Kier molecular flexibility index (Phi) is 10.3. The summed E-state index contributed by atoms with van der Waals surface area (Å²) in [5, 5.41) is 9.82. The zero-order valence-electron chi connectivity index (χ0n) is 19.3. The molecule has 0 saturated heterocycles. The monoisotopic (exact) mass is 492 g/mol. The molecule has 0 bridgehead atoms. The van der Waals surface area contributed by atoms with Gasteiger partial charge >= 0.3 is 17.8 Å². The highest BCUT2D eigenvalue weighted by molar-refractivity contribution is 5.98. The lowest BCUT2D eigenvalue weighted by molar-refractivity contribution is -0.290. The average molecular weight is 493 g/mol. The minimum Gasteiger partial charge on any atom is -0.393 e. The van der Waals surface area contributed by atoms with Gasteiger partial charge in [-0.05, 0) is 31.3 Å². The Morgan fingerprint density at radius 3 is 2.26 bits per heavy atom. The van der Waals surface area contributed by atoms with Crippen LogP contribution < -0.4 is 0 Å². The SMILES string of the molecule is C=CC=CC(CCC(=O)C1=CCC=C(C(C)CC(=O)C(F)(F)C(F)(F)C(C)(F)F)C=C1)C(C)O. The molecule has 9 heteroatoms. The van der Waals surface area contributed by atoms with Crippen molar-refractivity contribution in [3.05, 3.63) is 60.3 Å². The summed E-state index contributed by atoms with van der Waals surface area (Å²) in [6, 6.07) is 0. The number of Topliss-reactive ketones (excluding diaryl/α,β-unsaturated/α-hetero) is 2. The summed E-state index contributed by atoms with van der Waals surface area (Å²) in [4.78, 5) is 24.4. The van der Waals surface area contributed by atoms with Crippen molar-refractivity contribution in [2.75, 3.05) is 0 Å². The van der Waals surface area contributed by atoms with Crippen LogP contribution in [0.1, 0.15) is 46.5 Å². The standard InChI is InChI=1S/C25H30F6O3/c1-5-6-8-19(17(3)32)13-14-21(33)20-10-7-9-18(11-12-20)16(2)15-22(34)24(28,29)25(30,31)23(4,26)27/h5-6,8-12,16-17,19,32H,1,7,13-15H2,2-4H3. The highest BCUT2D eigenvalue weighted by atomic mass is 19.3. The first kappa shape index (κ1) is 29.6. The minimum atomic E-state index is -5.82. The third-order valence-electron chi connectivity index (χ3n) is 5.64. The number of carbonyl (C=O) groups excluding carboxylic acids is 2. The Balaban J connectivity index is 2.83. The summed E-state index contributed by atoms with van der Waals surface area (Å²) in [7, 11) is 0. The summed E-state index contributed by atoms with van der Waals surface area (Å²) in [5.41, 5.74) is 0.676. The largest absolute Gasteiger partial charge is 0.393 e. The number of hydrogen-bond acceptors (Lipinski definition) is 3. The summed E-state index contributed by atoms with van der Waals surface area (Å²) < 4.78 is 80.6. The van der Waals surface area contributed by atoms with Crippen molar-refractivity contribution in [3.8, 4) is 0 Å². The fourth-order valence-corrected chi connectivity index (χ4v) is 3.35. The van der Waals surface area contributed by atoms with E-state index in [0.717, 1.165) is 0 Å². The lowest BCUT2D eigenvalue weighted by atomic mass is 9.90. The van der Waals surface area contributed by atoms with E-state index in [2.05, 4.69) is 6.58 Å². The zero-order valence-corrected chi connectivity index (χ0v) is 19.3. The quantitative estimate of drug-likeness (QED) is 0.239. The Bertz CT molecular complexity index is 876. The number of rotatable bonds is 13. The van der Waals surface area contributed by atoms with Gasteiger partial charge in [0.25, 0.3) is 0 Å². The highest BCUT2D eigenvalue weighted by Crippen LogP contribution is 2.46. The highest BCUT2D eigenvalue weighted by Gasteiger charge is 2.72. The smallest absolute Gasteiger partial charge is 0.379 e. The molecular formula is C25H30F6O3. The molecule has 1 aliphatic carbocycles. The second-order valence-corrected chi connectivity index (χ2v) is 8.49. The number of carbonyl (C=O) groups is 2. The molecule has 0 aliphatic heterocycles. The van der Waals surface area contributed by atoms with E-state index >= 15 is 0 Å². The van der Waals surface area contributed by atoms with Gasteiger partial charge in [-0.2, -0.15) is 26.3 Å². The van der Waals surface area contributed by atoms with Crippen LogP contribution >= 0.6 is 0 Å². The number of alkyl halides is 6. The predicted octanol–water partition coefficient (Wildman–Crippen LogP) is 6.41. The van der Waals surface area contributed by atoms with Gasteiger partial charge in [-0.25, -0.2) is 0 Å². The van der Waals surface area contributed by atoms with E-state index in [4.69, 9.17) is 0 Å². The molecular weight excluding hydrogens is 462 g/mol. The van der Waals surface area contributed by atoms with Gasteiger partial charge in [0.15, 0.2) is 5.78 Å². The molecule has 0 radical (unpaired) electrons. The van der Waals surface area contributed by atoms with Crippen LogP contribution in [0.25, 0.3) is 0 Å². The lowest BCUT2D eigenvalue weighted by Crippen LogP contribution is -2.56. The van der Waals surface area contributed by atoms with Crippen molar-refractivity contribution in [2.24, 2.45) is 11.8 Å². The zero-order chi connectivity index (χ0) is 26.3. The van der Waals surface area contributed by atoms with E-state index in [9.17, 15) is 41.0 Å². The van der Waals surface area contributed by atoms with Crippen LogP contribution in [-0.2, 0) is 9.59 Å². The van der Waals surface area contributed by atoms with Gasteiger partial charge in [-0.15, -0.1) is 0 Å². The van der Waals surface area contributed by atoms with Crippen LogP contribution in [-0.4, -0.2) is 40.5 Å². The van der Waals surface area contributed by atoms with Gasteiger partial charge < -0.3 is 5.11 Å². The number of halogens is 6. The third-order valence-corrected chi connectivity index (χ3v) is 5.64. The van der Waals surface area contributed by atoms with Crippen molar-refractivity contribution >= 4 is 11.6 Å². The van der Waals surface area contributed by atoms with Crippen molar-refractivity contribution in [1.82, 2.24) is 0 Å². The molecule has 0 amide bonds. The first-order chi connectivity index (χ1) is 15.6. The van der Waals surface area contributed by atoms with E-state index in [1.54, 1.807) is 37.3 Å². The molecule has 0 aromatic rings. The minimum absolute atomic E-state index is 0.128. The molecule has 0 aromatic heterocycles. The molecule has 34 heavy (non-hydrogen) atoms. The Morgan fingerprint density at radius 2 is 1.74 bits per heavy atom. The molecule has 1 N–H and O–H groups in total. The molecule has 3 atom stereocenters. The normalized spacial score (nSPS) is 18.1. The van der Waals surface area contributed by atoms with Crippen molar-refractivity contribution in [3.63, 3.8) is 0 Å². The second-order valence-electron chi connectivity index (χ2n) is 8.49. The van der Waals surface area contributed by atoms with E-state index in [1.165, 1.54) is 19.1 Å². The van der Waals surface area contributed by atoms with Gasteiger partial charge in [0.2, 0.25) is 5.78 Å². The first-order valence-corrected chi connectivity index (χ1v) is 10.8. The Hall–Kier alpha value is -2.42. The number of allylic oxidation sites excluding steroid dienone is 8. The summed E-state index contributed by atoms with van der Waals surface area (Å²) in [6.45, 7) is 6.13. The molecule has 0 saturated carbocycles. The Labute approximate surface area is 195 Å². The van der Waals surface area contributed by atoms with Gasteiger partial charge in [0, 0.05) is 31.3 Å². The molecule has 0 fully saturated rings. The van der Waals surface area contributed by atoms with Crippen LogP contribution in [0.5, 0.6) is 0 Å². The van der Waals surface area contributed by atoms with E-state index in [-0.39, 0.29) is 31.5 Å². The molecule has 0 spiro atoms. The maximum Gasteiger partial charge on any atom is 0.379 e. The summed E-state index contributed by atoms with van der Waals surface area (Å²) in [6.07, 6.45) is 9.94. The summed E-state index contributed by atoms with van der Waals surface area (Å²) >= 11 is 0. The first-order valence-electron chi connectivity index (χ1n) is 10.8. The maximum absolute atomic E-state index is 13.9. The third kappa shape index (κ3) is 7.29. The van der Waals surface area contributed by atoms with Crippen LogP contribution in [0.2, 0.25) is 0 Å². The number of hydrogen-bond donors (Lipinski definition) is 1. The molecule has 1 rings (SSSR count). The van der Waals surface area contributed by atoms with Gasteiger partial charge in [-0.1, -0.05) is 56.0 Å². The number of aliphatic hydroxyl groups excluding tert-OH is 1. The van der Waals surface area contributed by atoms with Crippen LogP contribution in [0, 0.1) is 11.8 Å². The van der Waals surface area contributed by atoms with Gasteiger partial charge in [0.1, 0.15) is 0 Å². The molecule has 0 heterocycles. The molecule has 3 unspecified atom stereocenters. The van der Waals surface area contributed by atoms with E-state index in [0.29, 0.717) is 17.6 Å². The molecule has 190 valence electrons. The van der Waals surface area contributed by atoms with E-state index in [1.807, 2.05) is 0 Å². The Morgan fingerprint density at radius 1 is 1.12 bits per heavy atom. The summed E-state index contributed by atoms with van der Waals surface area (Å²) in [5.74, 6) is -20.2. The fourth-order valence-electron chi connectivity index (χ4n) is 3.35. The average Bonchev–Trinajstić information content (AvgIpc) is 2.98. The topological polar surface area (TPSA) is 54.4 Å². The molecule has 3 nitrogen and oxygen atoms in total. The number of ketones is 2. The maximum atomic E-state index is 13.9. The lowest BCUT2D eigenvalue weighted by Gasteiger charge is -2.30. The van der Waals surface area contributed by atoms with E-state index < -0.39 is 42.0 Å². The molecule has 0 aromatic carbocycles. The fraction of sp³-hybridized carbons (Fsp3) is 0.520. The predicted molar refractivity (Wildman–Crippen MR) is 118 cm³/mol. The van der Waals surface area contributed by atoms with Crippen molar-refractivity contribution < 1.29 is 41.0 Å². The second kappa shape index (κ2) is 11.8. The van der Waals surface area contributed by atoms with Crippen LogP contribution in [0.4, 0.5) is 26.3 Å².